The average molecular weight is 292 g/mol. The van der Waals surface area contributed by atoms with Crippen molar-refractivity contribution in [2.24, 2.45) is 0 Å². The van der Waals surface area contributed by atoms with Crippen LogP contribution in [-0.2, 0) is 18.3 Å². The van der Waals surface area contributed by atoms with Crippen molar-refractivity contribution in [2.75, 3.05) is 0 Å². The molecule has 0 amide bonds. The highest BCUT2D eigenvalue weighted by Gasteiger charge is 2.47. The highest BCUT2D eigenvalue weighted by Crippen LogP contribution is 2.46. The number of alkyl halides is 8. The van der Waals surface area contributed by atoms with Gasteiger partial charge in [0.1, 0.15) is 0 Å². The SMILES string of the molecule is Cc1cc(C(F)(F)F)c(C(C)(F)F)c(C(F)(F)F)c1. The van der Waals surface area contributed by atoms with Crippen molar-refractivity contribution in [1.29, 1.82) is 0 Å². The summed E-state index contributed by atoms with van der Waals surface area (Å²) in [5.74, 6) is -4.26. The van der Waals surface area contributed by atoms with E-state index in [1.54, 1.807) is 0 Å². The summed E-state index contributed by atoms with van der Waals surface area (Å²) in [4.78, 5) is 0. The van der Waals surface area contributed by atoms with Gasteiger partial charge in [-0.05, 0) is 24.6 Å². The van der Waals surface area contributed by atoms with Crippen molar-refractivity contribution in [3.8, 4) is 0 Å². The molecule has 0 fully saturated rings. The van der Waals surface area contributed by atoms with Gasteiger partial charge in [-0.1, -0.05) is 0 Å². The Balaban J connectivity index is 3.80. The minimum atomic E-state index is -5.29. The largest absolute Gasteiger partial charge is 0.416 e. The van der Waals surface area contributed by atoms with Gasteiger partial charge in [0.2, 0.25) is 0 Å². The Hall–Kier alpha value is -1.34. The quantitative estimate of drug-likeness (QED) is 0.628. The van der Waals surface area contributed by atoms with Crippen LogP contribution in [-0.4, -0.2) is 0 Å². The smallest absolute Gasteiger partial charge is 0.202 e. The first-order valence-corrected chi connectivity index (χ1v) is 4.92. The normalized spacial score (nSPS) is 13.8. The van der Waals surface area contributed by atoms with Gasteiger partial charge in [0, 0.05) is 12.5 Å². The molecule has 0 nitrogen and oxygen atoms in total. The molecule has 0 bridgehead atoms. The van der Waals surface area contributed by atoms with Gasteiger partial charge in [-0.3, -0.25) is 0 Å². The highest BCUT2D eigenvalue weighted by molar-refractivity contribution is 5.44. The first-order valence-electron chi connectivity index (χ1n) is 4.92. The second kappa shape index (κ2) is 4.35. The monoisotopic (exact) mass is 292 g/mol. The second-order valence-corrected chi connectivity index (χ2v) is 4.12. The van der Waals surface area contributed by atoms with Crippen LogP contribution in [0, 0.1) is 6.92 Å². The molecule has 0 aliphatic carbocycles. The second-order valence-electron chi connectivity index (χ2n) is 4.12. The van der Waals surface area contributed by atoms with Crippen LogP contribution in [0.1, 0.15) is 29.2 Å². The lowest BCUT2D eigenvalue weighted by molar-refractivity contribution is -0.150. The zero-order valence-electron chi connectivity index (χ0n) is 9.68. The summed E-state index contributed by atoms with van der Waals surface area (Å²) >= 11 is 0. The van der Waals surface area contributed by atoms with E-state index < -0.39 is 40.5 Å². The predicted molar refractivity (Wildman–Crippen MR) is 50.8 cm³/mol. The van der Waals surface area contributed by atoms with Crippen molar-refractivity contribution >= 4 is 0 Å². The molecular formula is C11H8F8. The topological polar surface area (TPSA) is 0 Å². The predicted octanol–water partition coefficient (Wildman–Crippen LogP) is 5.14. The molecule has 0 aliphatic rings. The summed E-state index contributed by atoms with van der Waals surface area (Å²) in [7, 11) is 0. The van der Waals surface area contributed by atoms with Gasteiger partial charge in [0.15, 0.2) is 0 Å². The van der Waals surface area contributed by atoms with Crippen molar-refractivity contribution in [3.63, 3.8) is 0 Å². The number of hydrogen-bond acceptors (Lipinski definition) is 0. The molecule has 108 valence electrons. The highest BCUT2D eigenvalue weighted by atomic mass is 19.4. The minimum Gasteiger partial charge on any atom is -0.202 e. The molecule has 0 unspecified atom stereocenters. The molecule has 0 atom stereocenters. The maximum absolute atomic E-state index is 13.2. The Kier molecular flexibility index (Phi) is 3.60. The Bertz CT molecular complexity index is 440. The number of rotatable bonds is 1. The first kappa shape index (κ1) is 15.7. The van der Waals surface area contributed by atoms with Gasteiger partial charge in [0.25, 0.3) is 5.92 Å². The van der Waals surface area contributed by atoms with Crippen LogP contribution < -0.4 is 0 Å². The summed E-state index contributed by atoms with van der Waals surface area (Å²) < 4.78 is 102. The maximum atomic E-state index is 13.2. The molecule has 19 heavy (non-hydrogen) atoms. The van der Waals surface area contributed by atoms with E-state index in [2.05, 4.69) is 0 Å². The third kappa shape index (κ3) is 3.36. The van der Waals surface area contributed by atoms with E-state index in [0.29, 0.717) is 0 Å². The number of aryl methyl sites for hydroxylation is 1. The summed E-state index contributed by atoms with van der Waals surface area (Å²) in [5, 5.41) is 0. The van der Waals surface area contributed by atoms with E-state index >= 15 is 0 Å². The first-order chi connectivity index (χ1) is 8.24. The standard InChI is InChI=1S/C11H8F8/c1-5-3-6(10(14,15)16)8(9(2,12)13)7(4-5)11(17,18)19/h3-4H,1-2H3. The Morgan fingerprint density at radius 1 is 0.737 bits per heavy atom. The zero-order valence-corrected chi connectivity index (χ0v) is 9.68. The molecule has 0 saturated heterocycles. The van der Waals surface area contributed by atoms with Crippen LogP contribution in [0.25, 0.3) is 0 Å². The molecule has 1 aromatic rings. The third-order valence-corrected chi connectivity index (χ3v) is 2.33. The van der Waals surface area contributed by atoms with Gasteiger partial charge in [-0.2, -0.15) is 26.3 Å². The van der Waals surface area contributed by atoms with Crippen LogP contribution in [0.2, 0.25) is 0 Å². The van der Waals surface area contributed by atoms with Crippen LogP contribution in [0.4, 0.5) is 35.1 Å². The Morgan fingerprint density at radius 2 is 1.05 bits per heavy atom. The molecule has 0 spiro atoms. The number of halogens is 8. The van der Waals surface area contributed by atoms with Crippen LogP contribution in [0.15, 0.2) is 12.1 Å². The van der Waals surface area contributed by atoms with E-state index in [0.717, 1.165) is 6.92 Å². The van der Waals surface area contributed by atoms with Crippen molar-refractivity contribution in [3.05, 3.63) is 34.4 Å². The third-order valence-electron chi connectivity index (χ3n) is 2.33. The van der Waals surface area contributed by atoms with Crippen molar-refractivity contribution in [2.45, 2.75) is 32.1 Å². The van der Waals surface area contributed by atoms with E-state index in [-0.39, 0.29) is 19.1 Å². The summed E-state index contributed by atoms with van der Waals surface area (Å²) in [6.07, 6.45) is -10.6. The maximum Gasteiger partial charge on any atom is 0.416 e. The molecule has 1 aromatic carbocycles. The fraction of sp³-hybridized carbons (Fsp3) is 0.455. The fourth-order valence-corrected chi connectivity index (χ4v) is 1.71. The van der Waals surface area contributed by atoms with Crippen LogP contribution >= 0.6 is 0 Å². The average Bonchev–Trinajstić information content (AvgIpc) is 2.11. The van der Waals surface area contributed by atoms with Crippen molar-refractivity contribution < 1.29 is 35.1 Å². The van der Waals surface area contributed by atoms with Crippen LogP contribution in [0.3, 0.4) is 0 Å². The molecule has 0 N–H and O–H groups in total. The Labute approximate surface area is 103 Å². The lowest BCUT2D eigenvalue weighted by Crippen LogP contribution is -2.24. The van der Waals surface area contributed by atoms with E-state index in [9.17, 15) is 35.1 Å². The number of benzene rings is 1. The van der Waals surface area contributed by atoms with E-state index in [4.69, 9.17) is 0 Å². The van der Waals surface area contributed by atoms with Gasteiger partial charge in [-0.25, -0.2) is 8.78 Å². The molecule has 8 heteroatoms. The molecule has 0 heterocycles. The molecular weight excluding hydrogens is 284 g/mol. The van der Waals surface area contributed by atoms with Gasteiger partial charge in [-0.15, -0.1) is 0 Å². The van der Waals surface area contributed by atoms with E-state index in [1.165, 1.54) is 0 Å². The zero-order chi connectivity index (χ0) is 15.2. The van der Waals surface area contributed by atoms with Crippen molar-refractivity contribution in [1.82, 2.24) is 0 Å². The van der Waals surface area contributed by atoms with Gasteiger partial charge < -0.3 is 0 Å². The van der Waals surface area contributed by atoms with Gasteiger partial charge in [0.05, 0.1) is 11.1 Å². The lowest BCUT2D eigenvalue weighted by atomic mass is 9.93. The fourth-order valence-electron chi connectivity index (χ4n) is 1.71. The molecule has 1 rings (SSSR count). The lowest BCUT2D eigenvalue weighted by Gasteiger charge is -2.23. The Morgan fingerprint density at radius 3 is 1.26 bits per heavy atom. The minimum absolute atomic E-state index is 0.00213. The summed E-state index contributed by atoms with van der Waals surface area (Å²) in [5.41, 5.74) is -6.37. The molecule has 0 saturated carbocycles. The van der Waals surface area contributed by atoms with Gasteiger partial charge >= 0.3 is 12.4 Å². The molecule has 0 aromatic heterocycles. The van der Waals surface area contributed by atoms with E-state index in [1.807, 2.05) is 0 Å². The summed E-state index contributed by atoms with van der Waals surface area (Å²) in [6, 6.07) is 0.559. The van der Waals surface area contributed by atoms with Crippen LogP contribution in [0.5, 0.6) is 0 Å². The summed E-state index contributed by atoms with van der Waals surface area (Å²) in [6.45, 7) is 0.976. The number of hydrogen-bond donors (Lipinski definition) is 0. The molecule has 0 radical (unpaired) electrons. The molecule has 0 aliphatic heterocycles.